The van der Waals surface area contributed by atoms with E-state index in [9.17, 15) is 9.18 Å². The minimum absolute atomic E-state index is 0.0275. The molecule has 1 aromatic heterocycles. The van der Waals surface area contributed by atoms with Gasteiger partial charge in [0.15, 0.2) is 11.4 Å². The highest BCUT2D eigenvalue weighted by Crippen LogP contribution is 2.28. The Labute approximate surface area is 138 Å². The van der Waals surface area contributed by atoms with E-state index in [0.717, 1.165) is 12.1 Å². The number of rotatable bonds is 2. The predicted octanol–water partition coefficient (Wildman–Crippen LogP) is 5.18. The smallest absolute Gasteiger partial charge is 0.258 e. The van der Waals surface area contributed by atoms with Gasteiger partial charge in [0.2, 0.25) is 0 Å². The number of benzene rings is 2. The standard InChI is InChI=1S/C14H6Cl3FN2O2/c15-6-1-2-7-12(3-6)22-20-13(7)19-14(21)8-4-11(18)10(17)5-9(8)16/h1-5H,(H,19,20,21). The molecule has 0 radical (unpaired) electrons. The first-order valence-corrected chi connectivity index (χ1v) is 7.10. The first kappa shape index (κ1) is 15.1. The third-order valence-corrected chi connectivity index (χ3v) is 3.76. The highest BCUT2D eigenvalue weighted by molar-refractivity contribution is 6.37. The second-order valence-electron chi connectivity index (χ2n) is 4.37. The lowest BCUT2D eigenvalue weighted by atomic mass is 10.2. The number of nitrogens with zero attached hydrogens (tertiary/aromatic N) is 1. The van der Waals surface area contributed by atoms with Gasteiger partial charge in [-0.2, -0.15) is 0 Å². The highest BCUT2D eigenvalue weighted by Gasteiger charge is 2.17. The molecule has 0 saturated carbocycles. The number of anilines is 1. The van der Waals surface area contributed by atoms with E-state index in [4.69, 9.17) is 39.3 Å². The van der Waals surface area contributed by atoms with Crippen LogP contribution in [0.2, 0.25) is 15.1 Å². The Morgan fingerprint density at radius 3 is 2.68 bits per heavy atom. The lowest BCUT2D eigenvalue weighted by Crippen LogP contribution is -2.13. The molecule has 112 valence electrons. The zero-order chi connectivity index (χ0) is 15.9. The lowest BCUT2D eigenvalue weighted by Gasteiger charge is -2.05. The fourth-order valence-corrected chi connectivity index (χ4v) is 2.50. The van der Waals surface area contributed by atoms with Gasteiger partial charge >= 0.3 is 0 Å². The maximum Gasteiger partial charge on any atom is 0.258 e. The number of halogens is 4. The summed E-state index contributed by atoms with van der Waals surface area (Å²) < 4.78 is 18.5. The number of carbonyl (C=O) groups excluding carboxylic acids is 1. The molecule has 1 amide bonds. The first-order valence-electron chi connectivity index (χ1n) is 5.96. The van der Waals surface area contributed by atoms with Crippen molar-refractivity contribution >= 4 is 57.5 Å². The number of amides is 1. The molecule has 0 atom stereocenters. The Morgan fingerprint density at radius 2 is 1.91 bits per heavy atom. The molecule has 8 heteroatoms. The zero-order valence-electron chi connectivity index (χ0n) is 10.7. The predicted molar refractivity (Wildman–Crippen MR) is 83.4 cm³/mol. The van der Waals surface area contributed by atoms with Crippen molar-refractivity contribution in [2.45, 2.75) is 0 Å². The Bertz CT molecular complexity index is 895. The number of hydrogen-bond donors (Lipinski definition) is 1. The van der Waals surface area contributed by atoms with Crippen LogP contribution in [0.5, 0.6) is 0 Å². The maximum absolute atomic E-state index is 13.5. The molecule has 1 heterocycles. The van der Waals surface area contributed by atoms with Crippen LogP contribution in [0.15, 0.2) is 34.9 Å². The summed E-state index contributed by atoms with van der Waals surface area (Å²) in [7, 11) is 0. The molecule has 0 spiro atoms. The van der Waals surface area contributed by atoms with Gasteiger partial charge in [0.1, 0.15) is 5.82 Å². The highest BCUT2D eigenvalue weighted by atomic mass is 35.5. The van der Waals surface area contributed by atoms with Crippen LogP contribution in [-0.4, -0.2) is 11.1 Å². The zero-order valence-corrected chi connectivity index (χ0v) is 12.9. The number of carbonyl (C=O) groups is 1. The third kappa shape index (κ3) is 2.75. The molecule has 0 unspecified atom stereocenters. The summed E-state index contributed by atoms with van der Waals surface area (Å²) >= 11 is 17.3. The second kappa shape index (κ2) is 5.76. The summed E-state index contributed by atoms with van der Waals surface area (Å²) in [5.74, 6) is -1.19. The molecule has 0 aliphatic heterocycles. The SMILES string of the molecule is O=C(Nc1noc2cc(Cl)ccc12)c1cc(F)c(Cl)cc1Cl. The Balaban J connectivity index is 1.95. The van der Waals surface area contributed by atoms with Gasteiger partial charge in [-0.1, -0.05) is 40.0 Å². The number of fused-ring (bicyclic) bond motifs is 1. The Morgan fingerprint density at radius 1 is 1.14 bits per heavy atom. The van der Waals surface area contributed by atoms with Crippen LogP contribution < -0.4 is 5.32 Å². The van der Waals surface area contributed by atoms with Crippen LogP contribution in [0.4, 0.5) is 10.2 Å². The fourth-order valence-electron chi connectivity index (χ4n) is 1.87. The minimum atomic E-state index is -0.743. The first-order chi connectivity index (χ1) is 10.5. The summed E-state index contributed by atoms with van der Waals surface area (Å²) in [6.07, 6.45) is 0. The van der Waals surface area contributed by atoms with E-state index in [1.165, 1.54) is 0 Å². The van der Waals surface area contributed by atoms with Crippen LogP contribution in [-0.2, 0) is 0 Å². The summed E-state index contributed by atoms with van der Waals surface area (Å²) in [6, 6.07) is 6.96. The number of hydrogen-bond acceptors (Lipinski definition) is 3. The van der Waals surface area contributed by atoms with E-state index in [-0.39, 0.29) is 21.4 Å². The minimum Gasteiger partial charge on any atom is -0.354 e. The van der Waals surface area contributed by atoms with Crippen LogP contribution in [0.1, 0.15) is 10.4 Å². The van der Waals surface area contributed by atoms with Gasteiger partial charge in [-0.15, -0.1) is 0 Å². The molecule has 1 N–H and O–H groups in total. The van der Waals surface area contributed by atoms with Crippen molar-refractivity contribution in [3.8, 4) is 0 Å². The molecule has 0 aliphatic carbocycles. The van der Waals surface area contributed by atoms with Crippen LogP contribution in [0.25, 0.3) is 11.0 Å². The van der Waals surface area contributed by atoms with E-state index in [2.05, 4.69) is 10.5 Å². The van der Waals surface area contributed by atoms with Gasteiger partial charge in [-0.25, -0.2) is 4.39 Å². The second-order valence-corrected chi connectivity index (χ2v) is 5.62. The lowest BCUT2D eigenvalue weighted by molar-refractivity contribution is 0.102. The van der Waals surface area contributed by atoms with Crippen molar-refractivity contribution < 1.29 is 13.7 Å². The molecule has 2 aromatic carbocycles. The van der Waals surface area contributed by atoms with E-state index >= 15 is 0 Å². The van der Waals surface area contributed by atoms with Crippen LogP contribution >= 0.6 is 34.8 Å². The van der Waals surface area contributed by atoms with Gasteiger partial charge < -0.3 is 9.84 Å². The van der Waals surface area contributed by atoms with E-state index < -0.39 is 11.7 Å². The van der Waals surface area contributed by atoms with Gasteiger partial charge in [0, 0.05) is 11.1 Å². The molecule has 3 rings (SSSR count). The van der Waals surface area contributed by atoms with Crippen molar-refractivity contribution in [2.24, 2.45) is 0 Å². The van der Waals surface area contributed by atoms with Gasteiger partial charge in [-0.05, 0) is 24.3 Å². The summed E-state index contributed by atoms with van der Waals surface area (Å²) in [5.41, 5.74) is 0.352. The Hall–Kier alpha value is -1.82. The topological polar surface area (TPSA) is 55.1 Å². The van der Waals surface area contributed by atoms with Crippen LogP contribution in [0, 0.1) is 5.82 Å². The van der Waals surface area contributed by atoms with E-state index in [0.29, 0.717) is 16.0 Å². The summed E-state index contributed by atoms with van der Waals surface area (Å²) in [6.45, 7) is 0. The van der Waals surface area contributed by atoms with Gasteiger partial charge in [0.25, 0.3) is 5.91 Å². The van der Waals surface area contributed by atoms with Crippen molar-refractivity contribution in [1.29, 1.82) is 0 Å². The average molecular weight is 360 g/mol. The summed E-state index contributed by atoms with van der Waals surface area (Å²) in [4.78, 5) is 12.2. The van der Waals surface area contributed by atoms with Crippen molar-refractivity contribution in [3.05, 3.63) is 56.8 Å². The molecule has 0 aliphatic rings. The quantitative estimate of drug-likeness (QED) is 0.641. The fraction of sp³-hybridized carbons (Fsp3) is 0. The summed E-state index contributed by atoms with van der Waals surface area (Å²) in [5, 5.41) is 7.15. The molecule has 22 heavy (non-hydrogen) atoms. The van der Waals surface area contributed by atoms with Crippen molar-refractivity contribution in [3.63, 3.8) is 0 Å². The molecular formula is C14H6Cl3FN2O2. The third-order valence-electron chi connectivity index (χ3n) is 2.92. The largest absolute Gasteiger partial charge is 0.354 e. The molecule has 4 nitrogen and oxygen atoms in total. The molecule has 0 saturated heterocycles. The van der Waals surface area contributed by atoms with Gasteiger partial charge in [0.05, 0.1) is 21.0 Å². The van der Waals surface area contributed by atoms with Crippen LogP contribution in [0.3, 0.4) is 0 Å². The molecular weight excluding hydrogens is 354 g/mol. The average Bonchev–Trinajstić information content (AvgIpc) is 2.85. The maximum atomic E-state index is 13.5. The van der Waals surface area contributed by atoms with E-state index in [1.807, 2.05) is 0 Å². The monoisotopic (exact) mass is 358 g/mol. The van der Waals surface area contributed by atoms with E-state index in [1.54, 1.807) is 18.2 Å². The van der Waals surface area contributed by atoms with Gasteiger partial charge in [-0.3, -0.25) is 4.79 Å². The molecule has 0 fully saturated rings. The van der Waals surface area contributed by atoms with Crippen molar-refractivity contribution in [2.75, 3.05) is 5.32 Å². The number of nitrogens with one attached hydrogen (secondary N) is 1. The molecule has 3 aromatic rings. The molecule has 0 bridgehead atoms. The number of aromatic nitrogens is 1. The Kier molecular flexibility index (Phi) is 3.95. The van der Waals surface area contributed by atoms with Crippen molar-refractivity contribution in [1.82, 2.24) is 5.16 Å². The normalized spacial score (nSPS) is 10.9.